The van der Waals surface area contributed by atoms with Crippen LogP contribution in [0.4, 0.5) is 4.39 Å². The van der Waals surface area contributed by atoms with E-state index in [1.165, 1.54) is 43.1 Å². The minimum Gasteiger partial charge on any atom is -0.310 e. The molecule has 0 saturated heterocycles. The third-order valence-electron chi connectivity index (χ3n) is 4.43. The molecule has 0 spiro atoms. The van der Waals surface area contributed by atoms with Crippen LogP contribution in [0.5, 0.6) is 0 Å². The van der Waals surface area contributed by atoms with Crippen molar-refractivity contribution in [3.05, 3.63) is 41.5 Å². The number of allylic oxidation sites excluding steroid dienone is 1. The first kappa shape index (κ1) is 16.1. The summed E-state index contributed by atoms with van der Waals surface area (Å²) in [5, 5.41) is 0. The molecule has 1 aromatic carbocycles. The van der Waals surface area contributed by atoms with Crippen LogP contribution in [-0.4, -0.2) is 10.5 Å². The number of fused-ring (bicyclic) bond motifs is 1. The van der Waals surface area contributed by atoms with Gasteiger partial charge in [0, 0.05) is 13.0 Å². The molecular weight excluding hydrogens is 311 g/mol. The third kappa shape index (κ3) is 3.61. The van der Waals surface area contributed by atoms with Crippen molar-refractivity contribution in [1.29, 1.82) is 0 Å². The van der Waals surface area contributed by atoms with Crippen LogP contribution >= 0.6 is 11.3 Å². The summed E-state index contributed by atoms with van der Waals surface area (Å²) < 4.78 is 16.6. The van der Waals surface area contributed by atoms with Crippen molar-refractivity contribution in [2.75, 3.05) is 0 Å². The summed E-state index contributed by atoms with van der Waals surface area (Å²) in [4.78, 5) is 17.0. The second kappa shape index (κ2) is 7.21. The molecule has 1 fully saturated rings. The number of nitrogens with zero attached hydrogens (tertiary/aromatic N) is 2. The van der Waals surface area contributed by atoms with Crippen molar-refractivity contribution in [2.45, 2.75) is 45.1 Å². The van der Waals surface area contributed by atoms with Gasteiger partial charge in [-0.15, -0.1) is 6.58 Å². The van der Waals surface area contributed by atoms with Crippen LogP contribution in [0, 0.1) is 11.7 Å². The van der Waals surface area contributed by atoms with Gasteiger partial charge >= 0.3 is 0 Å². The Bertz CT molecular complexity index is 784. The highest BCUT2D eigenvalue weighted by Gasteiger charge is 2.16. The lowest BCUT2D eigenvalue weighted by atomic mass is 10.0. The molecule has 1 aliphatic rings. The fourth-order valence-electron chi connectivity index (χ4n) is 3.26. The molecule has 3 rings (SSSR count). The first-order valence-corrected chi connectivity index (χ1v) is 8.97. The van der Waals surface area contributed by atoms with Crippen LogP contribution in [-0.2, 0) is 11.3 Å². The van der Waals surface area contributed by atoms with Crippen LogP contribution < -0.4 is 4.80 Å². The highest BCUT2D eigenvalue weighted by Crippen LogP contribution is 2.28. The van der Waals surface area contributed by atoms with Gasteiger partial charge in [-0.3, -0.25) is 4.79 Å². The van der Waals surface area contributed by atoms with Crippen LogP contribution in [0.3, 0.4) is 0 Å². The Kier molecular flexibility index (Phi) is 5.06. The van der Waals surface area contributed by atoms with E-state index in [4.69, 9.17) is 0 Å². The predicted octanol–water partition coefficient (Wildman–Crippen LogP) is 4.43. The number of para-hydroxylation sites is 1. The van der Waals surface area contributed by atoms with Gasteiger partial charge in [0.25, 0.3) is 0 Å². The van der Waals surface area contributed by atoms with E-state index in [9.17, 15) is 9.18 Å². The molecule has 1 aromatic heterocycles. The summed E-state index contributed by atoms with van der Waals surface area (Å²) in [6, 6.07) is 4.96. The molecule has 0 unspecified atom stereocenters. The Balaban J connectivity index is 1.88. The highest BCUT2D eigenvalue weighted by atomic mass is 32.1. The number of aromatic nitrogens is 1. The van der Waals surface area contributed by atoms with Crippen molar-refractivity contribution in [3.8, 4) is 0 Å². The molecule has 122 valence electrons. The van der Waals surface area contributed by atoms with Crippen LogP contribution in [0.15, 0.2) is 35.8 Å². The first-order valence-electron chi connectivity index (χ1n) is 8.15. The maximum absolute atomic E-state index is 14.1. The van der Waals surface area contributed by atoms with Gasteiger partial charge in [-0.05, 0) is 24.5 Å². The Morgan fingerprint density at radius 2 is 2.22 bits per heavy atom. The van der Waals surface area contributed by atoms with Crippen molar-refractivity contribution in [1.82, 2.24) is 4.57 Å². The second-order valence-electron chi connectivity index (χ2n) is 6.07. The predicted molar refractivity (Wildman–Crippen MR) is 91.7 cm³/mol. The first-order chi connectivity index (χ1) is 11.2. The number of carbonyl (C=O) groups excluding carboxylic acids is 1. The molecule has 23 heavy (non-hydrogen) atoms. The molecule has 3 nitrogen and oxygen atoms in total. The number of benzene rings is 1. The van der Waals surface area contributed by atoms with Gasteiger partial charge in [0.1, 0.15) is 5.82 Å². The number of amides is 1. The highest BCUT2D eigenvalue weighted by molar-refractivity contribution is 7.16. The monoisotopic (exact) mass is 332 g/mol. The van der Waals surface area contributed by atoms with E-state index in [0.717, 1.165) is 11.1 Å². The Hall–Kier alpha value is -1.75. The Morgan fingerprint density at radius 1 is 1.43 bits per heavy atom. The number of hydrogen-bond acceptors (Lipinski definition) is 2. The zero-order chi connectivity index (χ0) is 16.2. The second-order valence-corrected chi connectivity index (χ2v) is 7.07. The van der Waals surface area contributed by atoms with Gasteiger partial charge in [0.05, 0.1) is 10.2 Å². The summed E-state index contributed by atoms with van der Waals surface area (Å²) in [6.07, 6.45) is 8.13. The fourth-order valence-corrected chi connectivity index (χ4v) is 4.33. The van der Waals surface area contributed by atoms with Gasteiger partial charge < -0.3 is 4.57 Å². The fraction of sp³-hybridized carbons (Fsp3) is 0.444. The number of halogens is 1. The van der Waals surface area contributed by atoms with E-state index >= 15 is 0 Å². The van der Waals surface area contributed by atoms with Crippen LogP contribution in [0.2, 0.25) is 0 Å². The minimum atomic E-state index is -0.291. The maximum atomic E-state index is 14.1. The summed E-state index contributed by atoms with van der Waals surface area (Å²) in [6.45, 7) is 4.16. The molecule has 0 atom stereocenters. The average molecular weight is 332 g/mol. The molecule has 1 heterocycles. The standard InChI is InChI=1S/C18H21FN2OS/c1-2-12-21-17-14(19)8-5-9-15(17)23-18(21)20-16(22)11-10-13-6-3-4-7-13/h2,5,8-9,13H,1,3-4,6-7,10-12H2. The number of hydrogen-bond donors (Lipinski definition) is 0. The van der Waals surface area contributed by atoms with E-state index < -0.39 is 0 Å². The van der Waals surface area contributed by atoms with Crippen LogP contribution in [0.25, 0.3) is 10.2 Å². The Morgan fingerprint density at radius 3 is 2.96 bits per heavy atom. The molecule has 2 aromatic rings. The molecule has 1 saturated carbocycles. The normalized spacial score (nSPS) is 16.3. The summed E-state index contributed by atoms with van der Waals surface area (Å²) in [5.41, 5.74) is 0.500. The smallest absolute Gasteiger partial charge is 0.248 e. The lowest BCUT2D eigenvalue weighted by Crippen LogP contribution is -2.17. The summed E-state index contributed by atoms with van der Waals surface area (Å²) in [7, 11) is 0. The van der Waals surface area contributed by atoms with E-state index in [1.54, 1.807) is 16.7 Å². The van der Waals surface area contributed by atoms with E-state index in [1.807, 2.05) is 6.07 Å². The molecule has 5 heteroatoms. The van der Waals surface area contributed by atoms with Crippen molar-refractivity contribution in [2.24, 2.45) is 10.9 Å². The lowest BCUT2D eigenvalue weighted by molar-refractivity contribution is -0.118. The molecule has 1 amide bonds. The van der Waals surface area contributed by atoms with Gasteiger partial charge in [0.15, 0.2) is 4.80 Å². The topological polar surface area (TPSA) is 34.4 Å². The Labute approximate surface area is 139 Å². The third-order valence-corrected chi connectivity index (χ3v) is 5.47. The summed E-state index contributed by atoms with van der Waals surface area (Å²) >= 11 is 1.35. The summed E-state index contributed by atoms with van der Waals surface area (Å²) in [5.74, 6) is 0.274. The van der Waals surface area contributed by atoms with E-state index in [0.29, 0.717) is 29.2 Å². The maximum Gasteiger partial charge on any atom is 0.248 e. The lowest BCUT2D eigenvalue weighted by Gasteiger charge is -2.05. The molecule has 0 bridgehead atoms. The van der Waals surface area contributed by atoms with Gasteiger partial charge in [-0.1, -0.05) is 49.2 Å². The van der Waals surface area contributed by atoms with Crippen molar-refractivity contribution in [3.63, 3.8) is 0 Å². The van der Waals surface area contributed by atoms with E-state index in [-0.39, 0.29) is 11.7 Å². The average Bonchev–Trinajstić information content (AvgIpc) is 3.15. The molecule has 0 radical (unpaired) electrons. The number of carbonyl (C=O) groups is 1. The number of thiazole rings is 1. The number of rotatable bonds is 5. The van der Waals surface area contributed by atoms with Crippen LogP contribution in [0.1, 0.15) is 38.5 Å². The zero-order valence-electron chi connectivity index (χ0n) is 13.1. The molecular formula is C18H21FN2OS. The van der Waals surface area contributed by atoms with Crippen molar-refractivity contribution >= 4 is 27.5 Å². The van der Waals surface area contributed by atoms with Gasteiger partial charge in [-0.2, -0.15) is 4.99 Å². The minimum absolute atomic E-state index is 0.110. The zero-order valence-corrected chi connectivity index (χ0v) is 13.9. The quantitative estimate of drug-likeness (QED) is 0.746. The largest absolute Gasteiger partial charge is 0.310 e. The molecule has 0 N–H and O–H groups in total. The molecule has 0 aliphatic heterocycles. The van der Waals surface area contributed by atoms with Gasteiger partial charge in [-0.25, -0.2) is 4.39 Å². The molecule has 1 aliphatic carbocycles. The SMILES string of the molecule is C=CCn1c(=NC(=O)CCC2CCCC2)sc2cccc(F)c21. The van der Waals surface area contributed by atoms with Gasteiger partial charge in [0.2, 0.25) is 5.91 Å². The van der Waals surface area contributed by atoms with E-state index in [2.05, 4.69) is 11.6 Å². The van der Waals surface area contributed by atoms with Crippen molar-refractivity contribution < 1.29 is 9.18 Å².